The van der Waals surface area contributed by atoms with Crippen LogP contribution in [0.1, 0.15) is 41.4 Å². The number of rotatable bonds is 3. The summed E-state index contributed by atoms with van der Waals surface area (Å²) in [6.07, 6.45) is 2.71. The number of nitrogens with one attached hydrogen (secondary N) is 2. The molecule has 0 atom stereocenters. The van der Waals surface area contributed by atoms with Gasteiger partial charge in [-0.15, -0.1) is 0 Å². The van der Waals surface area contributed by atoms with Crippen LogP contribution in [-0.4, -0.2) is 21.8 Å². The summed E-state index contributed by atoms with van der Waals surface area (Å²) in [6.45, 7) is 0. The van der Waals surface area contributed by atoms with E-state index in [0.29, 0.717) is 17.3 Å². The molecule has 6 nitrogen and oxygen atoms in total. The van der Waals surface area contributed by atoms with Gasteiger partial charge in [0.05, 0.1) is 28.7 Å². The van der Waals surface area contributed by atoms with Gasteiger partial charge in [-0.1, -0.05) is 0 Å². The van der Waals surface area contributed by atoms with E-state index in [4.69, 9.17) is 16.0 Å². The Morgan fingerprint density at radius 3 is 3.00 bits per heavy atom. The number of nitriles is 1. The van der Waals surface area contributed by atoms with E-state index < -0.39 is 0 Å². The van der Waals surface area contributed by atoms with Gasteiger partial charge in [-0.3, -0.25) is 4.79 Å². The normalized spacial score (nSPS) is 21.7. The summed E-state index contributed by atoms with van der Waals surface area (Å²) in [4.78, 5) is 19.9. The van der Waals surface area contributed by atoms with Gasteiger partial charge in [0.25, 0.3) is 5.56 Å². The van der Waals surface area contributed by atoms with Crippen LogP contribution in [0.2, 0.25) is 0 Å². The van der Waals surface area contributed by atoms with Gasteiger partial charge >= 0.3 is 0 Å². The summed E-state index contributed by atoms with van der Waals surface area (Å²) in [5.74, 6) is 2.91. The number of hydrogen-bond donors (Lipinski definition) is 3. The third kappa shape index (κ3) is 3.10. The first-order valence-electron chi connectivity index (χ1n) is 8.40. The molecule has 0 spiro atoms. The van der Waals surface area contributed by atoms with Crippen LogP contribution in [0.15, 0.2) is 23.0 Å². The Morgan fingerprint density at radius 2 is 2.24 bits per heavy atom. The van der Waals surface area contributed by atoms with Crippen molar-refractivity contribution in [3.05, 3.63) is 51.2 Å². The first-order chi connectivity index (χ1) is 12.1. The maximum absolute atomic E-state index is 12.2. The number of benzene rings is 1. The molecule has 1 aromatic carbocycles. The SMILES string of the molecule is N#Cc1ccc(NC2CC(c3nc4c(c(=O)[nH]3)CSCC4)C2)c(N)c1. The largest absolute Gasteiger partial charge is 0.397 e. The van der Waals surface area contributed by atoms with E-state index in [9.17, 15) is 4.79 Å². The van der Waals surface area contributed by atoms with Crippen molar-refractivity contribution < 1.29 is 0 Å². The number of nitrogens with zero attached hydrogens (tertiary/aromatic N) is 2. The maximum Gasteiger partial charge on any atom is 0.255 e. The van der Waals surface area contributed by atoms with Gasteiger partial charge in [-0.25, -0.2) is 4.98 Å². The number of H-pyrrole nitrogens is 1. The summed E-state index contributed by atoms with van der Waals surface area (Å²) < 4.78 is 0. The van der Waals surface area contributed by atoms with Gasteiger partial charge in [0.2, 0.25) is 0 Å². The second-order valence-electron chi connectivity index (χ2n) is 6.60. The van der Waals surface area contributed by atoms with E-state index in [0.717, 1.165) is 53.5 Å². The Labute approximate surface area is 149 Å². The highest BCUT2D eigenvalue weighted by Crippen LogP contribution is 2.38. The lowest BCUT2D eigenvalue weighted by molar-refractivity contribution is 0.358. The summed E-state index contributed by atoms with van der Waals surface area (Å²) >= 11 is 1.79. The molecule has 2 heterocycles. The number of nitrogen functional groups attached to an aromatic ring is 1. The number of hydrogen-bond acceptors (Lipinski definition) is 6. The molecule has 0 amide bonds. The number of anilines is 2. The summed E-state index contributed by atoms with van der Waals surface area (Å²) in [7, 11) is 0. The Hall–Kier alpha value is -2.46. The second-order valence-corrected chi connectivity index (χ2v) is 7.71. The third-order valence-electron chi connectivity index (χ3n) is 4.91. The molecule has 0 unspecified atom stereocenters. The topological polar surface area (TPSA) is 108 Å². The Bertz CT molecular complexity index is 911. The van der Waals surface area contributed by atoms with Gasteiger partial charge in [0.1, 0.15) is 5.82 Å². The smallest absolute Gasteiger partial charge is 0.255 e. The molecule has 1 saturated carbocycles. The van der Waals surface area contributed by atoms with Crippen LogP contribution in [-0.2, 0) is 12.2 Å². The van der Waals surface area contributed by atoms with E-state index >= 15 is 0 Å². The van der Waals surface area contributed by atoms with Crippen molar-refractivity contribution in [1.82, 2.24) is 9.97 Å². The van der Waals surface area contributed by atoms with E-state index in [2.05, 4.69) is 16.4 Å². The average molecular weight is 353 g/mol. The number of fused-ring (bicyclic) bond motifs is 1. The second kappa shape index (κ2) is 6.45. The fraction of sp³-hybridized carbons (Fsp3) is 0.389. The molecule has 25 heavy (non-hydrogen) atoms. The number of aromatic amines is 1. The molecule has 0 bridgehead atoms. The molecule has 2 aromatic rings. The minimum atomic E-state index is 0.0277. The monoisotopic (exact) mass is 353 g/mol. The first-order valence-corrected chi connectivity index (χ1v) is 9.55. The third-order valence-corrected chi connectivity index (χ3v) is 5.90. The standard InChI is InChI=1S/C18H19N5OS/c19-8-10-1-2-16(14(20)5-10)21-12-6-11(7-12)17-22-15-3-4-25-9-13(15)18(24)23-17/h1-2,5,11-12,21H,3-4,6-7,9,20H2,(H,22,23,24). The molecule has 1 fully saturated rings. The Kier molecular flexibility index (Phi) is 4.14. The number of nitrogens with two attached hydrogens (primary N) is 1. The zero-order valence-corrected chi connectivity index (χ0v) is 14.5. The Balaban J connectivity index is 1.43. The van der Waals surface area contributed by atoms with Crippen molar-refractivity contribution in [2.75, 3.05) is 16.8 Å². The molecular formula is C18H19N5OS. The molecule has 2 aliphatic rings. The lowest BCUT2D eigenvalue weighted by atomic mass is 9.79. The predicted octanol–water partition coefficient (Wildman–Crippen LogP) is 2.37. The molecule has 1 aliphatic heterocycles. The highest BCUT2D eigenvalue weighted by Gasteiger charge is 2.33. The van der Waals surface area contributed by atoms with E-state index in [-0.39, 0.29) is 11.5 Å². The van der Waals surface area contributed by atoms with E-state index in [1.54, 1.807) is 23.9 Å². The van der Waals surface area contributed by atoms with Crippen molar-refractivity contribution >= 4 is 23.1 Å². The highest BCUT2D eigenvalue weighted by atomic mass is 32.2. The molecule has 1 aromatic heterocycles. The van der Waals surface area contributed by atoms with Gasteiger partial charge in [0, 0.05) is 23.3 Å². The molecule has 1 aliphatic carbocycles. The van der Waals surface area contributed by atoms with Gasteiger partial charge in [0.15, 0.2) is 0 Å². The van der Waals surface area contributed by atoms with Gasteiger partial charge < -0.3 is 16.0 Å². The summed E-state index contributed by atoms with van der Waals surface area (Å²) in [5.41, 5.74) is 9.84. The quantitative estimate of drug-likeness (QED) is 0.731. The van der Waals surface area contributed by atoms with Gasteiger partial charge in [-0.05, 0) is 43.2 Å². The number of aryl methyl sites for hydroxylation is 1. The molecule has 0 radical (unpaired) electrons. The van der Waals surface area contributed by atoms with Crippen molar-refractivity contribution in [3.63, 3.8) is 0 Å². The molecule has 0 saturated heterocycles. The molecule has 4 N–H and O–H groups in total. The van der Waals surface area contributed by atoms with E-state index in [1.165, 1.54) is 0 Å². The molecule has 4 rings (SSSR count). The lowest BCUT2D eigenvalue weighted by Gasteiger charge is -2.36. The van der Waals surface area contributed by atoms with Crippen molar-refractivity contribution in [2.24, 2.45) is 0 Å². The number of aromatic nitrogens is 2. The molecule has 7 heteroatoms. The van der Waals surface area contributed by atoms with Crippen LogP contribution in [0.3, 0.4) is 0 Å². The van der Waals surface area contributed by atoms with Crippen LogP contribution in [0, 0.1) is 11.3 Å². The van der Waals surface area contributed by atoms with Crippen LogP contribution in [0.5, 0.6) is 0 Å². The highest BCUT2D eigenvalue weighted by molar-refractivity contribution is 7.98. The molecular weight excluding hydrogens is 334 g/mol. The van der Waals surface area contributed by atoms with Crippen molar-refractivity contribution in [1.29, 1.82) is 5.26 Å². The summed E-state index contributed by atoms with van der Waals surface area (Å²) in [6, 6.07) is 7.67. The van der Waals surface area contributed by atoms with Crippen molar-refractivity contribution in [2.45, 2.75) is 37.0 Å². The summed E-state index contributed by atoms with van der Waals surface area (Å²) in [5, 5.41) is 12.3. The maximum atomic E-state index is 12.2. The lowest BCUT2D eigenvalue weighted by Crippen LogP contribution is -2.36. The first kappa shape index (κ1) is 16.0. The van der Waals surface area contributed by atoms with Gasteiger partial charge in [-0.2, -0.15) is 17.0 Å². The zero-order valence-electron chi connectivity index (χ0n) is 13.7. The van der Waals surface area contributed by atoms with Crippen LogP contribution in [0.25, 0.3) is 0 Å². The molecule has 128 valence electrons. The zero-order chi connectivity index (χ0) is 17.4. The number of thioether (sulfide) groups is 1. The van der Waals surface area contributed by atoms with Crippen LogP contribution >= 0.6 is 11.8 Å². The predicted molar refractivity (Wildman–Crippen MR) is 99.7 cm³/mol. The minimum absolute atomic E-state index is 0.0277. The van der Waals surface area contributed by atoms with Crippen molar-refractivity contribution in [3.8, 4) is 6.07 Å². The fourth-order valence-corrected chi connectivity index (χ4v) is 4.38. The van der Waals surface area contributed by atoms with E-state index in [1.807, 2.05) is 6.07 Å². The minimum Gasteiger partial charge on any atom is -0.397 e. The van der Waals surface area contributed by atoms with Crippen LogP contribution in [0.4, 0.5) is 11.4 Å². The average Bonchev–Trinajstić information content (AvgIpc) is 2.58. The Morgan fingerprint density at radius 1 is 1.40 bits per heavy atom. The van der Waals surface area contributed by atoms with Crippen LogP contribution < -0.4 is 16.6 Å². The fourth-order valence-electron chi connectivity index (χ4n) is 3.40.